The van der Waals surface area contributed by atoms with Gasteiger partial charge in [0.1, 0.15) is 0 Å². The maximum absolute atomic E-state index is 12.9. The molecule has 0 bridgehead atoms. The molecule has 0 atom stereocenters. The summed E-state index contributed by atoms with van der Waals surface area (Å²) in [6.07, 6.45) is -2.82. The highest BCUT2D eigenvalue weighted by atomic mass is 32.2. The molecular weight excluding hydrogens is 451 g/mol. The lowest BCUT2D eigenvalue weighted by atomic mass is 10.0. The van der Waals surface area contributed by atoms with Gasteiger partial charge in [0, 0.05) is 23.0 Å². The van der Waals surface area contributed by atoms with E-state index in [2.05, 4.69) is 9.97 Å². The highest BCUT2D eigenvalue weighted by Gasteiger charge is 2.30. The number of hydrogen-bond donors (Lipinski definition) is 1. The van der Waals surface area contributed by atoms with Gasteiger partial charge in [-0.3, -0.25) is 9.97 Å². The van der Waals surface area contributed by atoms with Crippen LogP contribution in [0.3, 0.4) is 0 Å². The van der Waals surface area contributed by atoms with Gasteiger partial charge in [-0.05, 0) is 66.6 Å². The van der Waals surface area contributed by atoms with Crippen LogP contribution in [-0.4, -0.2) is 18.4 Å². The van der Waals surface area contributed by atoms with Crippen molar-refractivity contribution < 1.29 is 21.6 Å². The zero-order chi connectivity index (χ0) is 23.8. The van der Waals surface area contributed by atoms with E-state index < -0.39 is 21.8 Å². The van der Waals surface area contributed by atoms with Crippen LogP contribution in [0.1, 0.15) is 11.3 Å². The van der Waals surface area contributed by atoms with Crippen LogP contribution in [0.4, 0.5) is 13.2 Å². The van der Waals surface area contributed by atoms with Gasteiger partial charge in [0.05, 0.1) is 21.8 Å². The van der Waals surface area contributed by atoms with Crippen LogP contribution in [0.25, 0.3) is 33.6 Å². The Morgan fingerprint density at radius 1 is 0.788 bits per heavy atom. The Balaban J connectivity index is 1.73. The van der Waals surface area contributed by atoms with Crippen LogP contribution in [0.2, 0.25) is 0 Å². The molecule has 0 fully saturated rings. The summed E-state index contributed by atoms with van der Waals surface area (Å²) in [5.74, 6) is 0. The molecule has 9 heteroatoms. The smallest absolute Gasteiger partial charge is 0.256 e. The lowest BCUT2D eigenvalue weighted by Crippen LogP contribution is -2.11. The average molecular weight is 469 g/mol. The largest absolute Gasteiger partial charge is 0.416 e. The molecule has 4 aromatic rings. The van der Waals surface area contributed by atoms with Crippen LogP contribution < -0.4 is 5.14 Å². The molecule has 0 aliphatic heterocycles. The first-order valence-electron chi connectivity index (χ1n) is 9.77. The zero-order valence-electron chi connectivity index (χ0n) is 17.3. The molecule has 5 nitrogen and oxygen atoms in total. The molecule has 0 unspecified atom stereocenters. The lowest BCUT2D eigenvalue weighted by Gasteiger charge is -2.11. The van der Waals surface area contributed by atoms with Crippen molar-refractivity contribution in [2.75, 3.05) is 0 Å². The summed E-state index contributed by atoms with van der Waals surface area (Å²) in [7, 11) is -3.86. The Hall–Kier alpha value is -3.56. The number of sulfonamides is 1. The third kappa shape index (κ3) is 5.10. The van der Waals surface area contributed by atoms with E-state index in [1.807, 2.05) is 0 Å². The first-order valence-corrected chi connectivity index (χ1v) is 11.3. The summed E-state index contributed by atoms with van der Waals surface area (Å²) in [5.41, 5.74) is 3.76. The summed E-state index contributed by atoms with van der Waals surface area (Å²) in [6.45, 7) is 1.80. The van der Waals surface area contributed by atoms with Crippen LogP contribution >= 0.6 is 0 Å². The van der Waals surface area contributed by atoms with Gasteiger partial charge in [-0.2, -0.15) is 13.2 Å². The summed E-state index contributed by atoms with van der Waals surface area (Å²) in [6, 6.07) is 18.2. The Labute approximate surface area is 188 Å². The SMILES string of the molecule is Cc1cc(-c2ccc(C(F)(F)F)cc2)cc(-c2ccnc(-c3cccc(S(N)(=O)=O)c3)c2)n1. The summed E-state index contributed by atoms with van der Waals surface area (Å²) in [4.78, 5) is 8.86. The number of aryl methyl sites for hydroxylation is 1. The number of pyridine rings is 2. The van der Waals surface area contributed by atoms with E-state index >= 15 is 0 Å². The number of halogens is 3. The van der Waals surface area contributed by atoms with Crippen molar-refractivity contribution >= 4 is 10.0 Å². The van der Waals surface area contributed by atoms with Crippen LogP contribution in [0.15, 0.2) is 83.9 Å². The Kier molecular flexibility index (Phi) is 5.77. The first-order chi connectivity index (χ1) is 15.5. The Bertz CT molecular complexity index is 1430. The van der Waals surface area contributed by atoms with Crippen molar-refractivity contribution in [3.63, 3.8) is 0 Å². The number of benzene rings is 2. The predicted octanol–water partition coefficient (Wildman–Crippen LogP) is 5.45. The fraction of sp³-hybridized carbons (Fsp3) is 0.0833. The second-order valence-corrected chi connectivity index (χ2v) is 9.02. The van der Waals surface area contributed by atoms with Gasteiger partial charge >= 0.3 is 6.18 Å². The van der Waals surface area contributed by atoms with Gasteiger partial charge in [0.25, 0.3) is 0 Å². The van der Waals surface area contributed by atoms with Gasteiger partial charge in [0.15, 0.2) is 0 Å². The molecule has 168 valence electrons. The molecule has 2 heterocycles. The molecular formula is C24H18F3N3O2S. The predicted molar refractivity (Wildman–Crippen MR) is 119 cm³/mol. The summed E-state index contributed by atoms with van der Waals surface area (Å²) < 4.78 is 62.0. The van der Waals surface area contributed by atoms with E-state index in [0.717, 1.165) is 23.3 Å². The molecule has 0 aliphatic carbocycles. The number of rotatable bonds is 4. The number of nitrogens with two attached hydrogens (primary N) is 1. The van der Waals surface area contributed by atoms with Gasteiger partial charge in [-0.1, -0.05) is 24.3 Å². The maximum atomic E-state index is 12.9. The fourth-order valence-electron chi connectivity index (χ4n) is 3.41. The van der Waals surface area contributed by atoms with Crippen molar-refractivity contribution in [2.24, 2.45) is 5.14 Å². The van der Waals surface area contributed by atoms with Crippen molar-refractivity contribution in [2.45, 2.75) is 18.0 Å². The monoisotopic (exact) mass is 469 g/mol. The highest BCUT2D eigenvalue weighted by molar-refractivity contribution is 7.89. The molecule has 33 heavy (non-hydrogen) atoms. The normalized spacial score (nSPS) is 12.0. The van der Waals surface area contributed by atoms with Gasteiger partial charge < -0.3 is 0 Å². The lowest BCUT2D eigenvalue weighted by molar-refractivity contribution is -0.137. The molecule has 0 spiro atoms. The summed E-state index contributed by atoms with van der Waals surface area (Å²) >= 11 is 0. The molecule has 0 amide bonds. The Morgan fingerprint density at radius 2 is 1.45 bits per heavy atom. The van der Waals surface area contributed by atoms with E-state index in [1.165, 1.54) is 24.3 Å². The first kappa shape index (κ1) is 22.6. The van der Waals surface area contributed by atoms with Crippen LogP contribution in [0.5, 0.6) is 0 Å². The van der Waals surface area contributed by atoms with E-state index in [-0.39, 0.29) is 4.90 Å². The molecule has 2 aromatic carbocycles. The average Bonchev–Trinajstić information content (AvgIpc) is 2.78. The van der Waals surface area contributed by atoms with Crippen molar-refractivity contribution in [3.05, 3.63) is 90.3 Å². The second kappa shape index (κ2) is 8.42. The van der Waals surface area contributed by atoms with Gasteiger partial charge in [-0.25, -0.2) is 13.6 Å². The van der Waals surface area contributed by atoms with Crippen molar-refractivity contribution in [3.8, 4) is 33.6 Å². The number of hydrogen-bond acceptors (Lipinski definition) is 4. The van der Waals surface area contributed by atoms with E-state index in [1.54, 1.807) is 49.5 Å². The number of nitrogens with zero attached hydrogens (tertiary/aromatic N) is 2. The molecule has 0 saturated heterocycles. The second-order valence-electron chi connectivity index (χ2n) is 7.46. The van der Waals surface area contributed by atoms with Crippen molar-refractivity contribution in [1.82, 2.24) is 9.97 Å². The molecule has 2 aromatic heterocycles. The standard InChI is InChI=1S/C24H18F3N3O2S/c1-15-11-19(16-5-7-20(8-6-16)24(25,26)27)14-23(30-15)18-9-10-29-22(13-18)17-3-2-4-21(12-17)33(28,31)32/h2-14H,1H3,(H2,28,31,32). The third-order valence-corrected chi connectivity index (χ3v) is 5.92. The molecule has 0 saturated carbocycles. The molecule has 4 rings (SSSR count). The maximum Gasteiger partial charge on any atom is 0.416 e. The van der Waals surface area contributed by atoms with Gasteiger partial charge in [0.2, 0.25) is 10.0 Å². The molecule has 0 radical (unpaired) electrons. The fourth-order valence-corrected chi connectivity index (χ4v) is 3.97. The van der Waals surface area contributed by atoms with Crippen LogP contribution in [0, 0.1) is 6.92 Å². The Morgan fingerprint density at radius 3 is 2.12 bits per heavy atom. The zero-order valence-corrected chi connectivity index (χ0v) is 18.2. The minimum Gasteiger partial charge on any atom is -0.256 e. The van der Waals surface area contributed by atoms with Crippen molar-refractivity contribution in [1.29, 1.82) is 0 Å². The molecule has 2 N–H and O–H groups in total. The minimum absolute atomic E-state index is 0.0227. The van der Waals surface area contributed by atoms with E-state index in [4.69, 9.17) is 5.14 Å². The minimum atomic E-state index is -4.40. The third-order valence-electron chi connectivity index (χ3n) is 5.01. The molecule has 0 aliphatic rings. The van der Waals surface area contributed by atoms with E-state index in [0.29, 0.717) is 28.2 Å². The number of alkyl halides is 3. The summed E-state index contributed by atoms with van der Waals surface area (Å²) in [5, 5.41) is 5.23. The van der Waals surface area contributed by atoms with Gasteiger partial charge in [-0.15, -0.1) is 0 Å². The highest BCUT2D eigenvalue weighted by Crippen LogP contribution is 2.32. The van der Waals surface area contributed by atoms with E-state index in [9.17, 15) is 21.6 Å². The van der Waals surface area contributed by atoms with Crippen LogP contribution in [-0.2, 0) is 16.2 Å². The quantitative estimate of drug-likeness (QED) is 0.431. The number of primary sulfonamides is 1. The topological polar surface area (TPSA) is 85.9 Å². The number of aromatic nitrogens is 2.